The van der Waals surface area contributed by atoms with E-state index in [0.717, 1.165) is 36.6 Å². The predicted molar refractivity (Wildman–Crippen MR) is 62.4 cm³/mol. The Balaban J connectivity index is 2.37. The summed E-state index contributed by atoms with van der Waals surface area (Å²) in [6.45, 7) is 7.73. The van der Waals surface area contributed by atoms with E-state index >= 15 is 0 Å². The lowest BCUT2D eigenvalue weighted by Crippen LogP contribution is -2.22. The zero-order valence-corrected chi connectivity index (χ0v) is 9.79. The molecule has 0 heterocycles. The van der Waals surface area contributed by atoms with E-state index in [1.165, 1.54) is 19.3 Å². The standard InChI is InChI=1S/C12H24N2/c1-4-12(13)14-8-11-6-9(2)5-10(3)7-11/h9-11H,4-8H2,1-3H3,(H2,13,14). The summed E-state index contributed by atoms with van der Waals surface area (Å²) in [6.07, 6.45) is 4.96. The Hall–Kier alpha value is -0.530. The Morgan fingerprint density at radius 3 is 2.29 bits per heavy atom. The van der Waals surface area contributed by atoms with E-state index in [-0.39, 0.29) is 0 Å². The molecule has 0 spiro atoms. The monoisotopic (exact) mass is 196 g/mol. The van der Waals surface area contributed by atoms with Gasteiger partial charge in [0.25, 0.3) is 0 Å². The molecule has 2 atom stereocenters. The largest absolute Gasteiger partial charge is 0.387 e. The highest BCUT2D eigenvalue weighted by Crippen LogP contribution is 2.32. The van der Waals surface area contributed by atoms with Gasteiger partial charge in [0.05, 0.1) is 5.84 Å². The highest BCUT2D eigenvalue weighted by atomic mass is 14.8. The second-order valence-electron chi connectivity index (χ2n) is 4.97. The maximum Gasteiger partial charge on any atom is 0.0934 e. The molecule has 2 heteroatoms. The molecular weight excluding hydrogens is 172 g/mol. The summed E-state index contributed by atoms with van der Waals surface area (Å²) in [5.74, 6) is 3.35. The summed E-state index contributed by atoms with van der Waals surface area (Å²) in [7, 11) is 0. The van der Waals surface area contributed by atoms with Gasteiger partial charge >= 0.3 is 0 Å². The normalized spacial score (nSPS) is 34.5. The maximum atomic E-state index is 5.71. The first kappa shape index (κ1) is 11.5. The highest BCUT2D eigenvalue weighted by molar-refractivity contribution is 5.79. The first-order chi connectivity index (χ1) is 6.61. The van der Waals surface area contributed by atoms with E-state index in [4.69, 9.17) is 5.73 Å². The van der Waals surface area contributed by atoms with Crippen LogP contribution in [-0.2, 0) is 0 Å². The smallest absolute Gasteiger partial charge is 0.0934 e. The molecule has 0 radical (unpaired) electrons. The van der Waals surface area contributed by atoms with Crippen molar-refractivity contribution in [2.75, 3.05) is 6.54 Å². The van der Waals surface area contributed by atoms with Crippen LogP contribution in [0.3, 0.4) is 0 Å². The number of nitrogens with two attached hydrogens (primary N) is 1. The zero-order valence-electron chi connectivity index (χ0n) is 9.79. The van der Waals surface area contributed by atoms with Crippen LogP contribution in [0.15, 0.2) is 4.99 Å². The molecule has 0 bridgehead atoms. The minimum atomic E-state index is 0.777. The Kier molecular flexibility index (Phi) is 4.43. The molecule has 1 saturated carbocycles. The van der Waals surface area contributed by atoms with Gasteiger partial charge in [-0.05, 0) is 37.0 Å². The van der Waals surface area contributed by atoms with E-state index in [2.05, 4.69) is 25.8 Å². The van der Waals surface area contributed by atoms with E-state index in [9.17, 15) is 0 Å². The molecule has 0 amide bonds. The summed E-state index contributed by atoms with van der Waals surface area (Å²) in [5.41, 5.74) is 5.71. The van der Waals surface area contributed by atoms with Gasteiger partial charge in [0.15, 0.2) is 0 Å². The molecule has 1 aliphatic carbocycles. The van der Waals surface area contributed by atoms with Gasteiger partial charge in [-0.3, -0.25) is 4.99 Å². The van der Waals surface area contributed by atoms with Crippen molar-refractivity contribution < 1.29 is 0 Å². The summed E-state index contributed by atoms with van der Waals surface area (Å²) in [6, 6.07) is 0. The lowest BCUT2D eigenvalue weighted by Gasteiger charge is -2.30. The van der Waals surface area contributed by atoms with Crippen molar-refractivity contribution >= 4 is 5.84 Å². The summed E-state index contributed by atoms with van der Waals surface area (Å²) in [4.78, 5) is 4.43. The fraction of sp³-hybridized carbons (Fsp3) is 0.917. The van der Waals surface area contributed by atoms with Gasteiger partial charge in [0, 0.05) is 13.0 Å². The van der Waals surface area contributed by atoms with Gasteiger partial charge in [-0.2, -0.15) is 0 Å². The average molecular weight is 196 g/mol. The second-order valence-corrected chi connectivity index (χ2v) is 4.97. The van der Waals surface area contributed by atoms with Crippen molar-refractivity contribution in [3.8, 4) is 0 Å². The minimum Gasteiger partial charge on any atom is -0.387 e. The molecule has 0 aliphatic heterocycles. The summed E-state index contributed by atoms with van der Waals surface area (Å²) >= 11 is 0. The first-order valence-electron chi connectivity index (χ1n) is 5.90. The molecule has 2 unspecified atom stereocenters. The van der Waals surface area contributed by atoms with Crippen molar-refractivity contribution in [3.63, 3.8) is 0 Å². The molecule has 0 saturated heterocycles. The molecule has 2 nitrogen and oxygen atoms in total. The number of nitrogens with zero attached hydrogens (tertiary/aromatic N) is 1. The predicted octanol–water partition coefficient (Wildman–Crippen LogP) is 2.83. The van der Waals surface area contributed by atoms with Crippen LogP contribution in [0, 0.1) is 17.8 Å². The lowest BCUT2D eigenvalue weighted by atomic mass is 9.77. The summed E-state index contributed by atoms with van der Waals surface area (Å²) < 4.78 is 0. The molecule has 2 N–H and O–H groups in total. The number of aliphatic imine (C=N–C) groups is 1. The SMILES string of the molecule is CCC(N)=NCC1CC(C)CC(C)C1. The second kappa shape index (κ2) is 5.38. The maximum absolute atomic E-state index is 5.71. The zero-order chi connectivity index (χ0) is 10.6. The average Bonchev–Trinajstić information content (AvgIpc) is 2.12. The molecule has 82 valence electrons. The highest BCUT2D eigenvalue weighted by Gasteiger charge is 2.23. The number of hydrogen-bond acceptors (Lipinski definition) is 1. The van der Waals surface area contributed by atoms with Crippen molar-refractivity contribution in [2.45, 2.75) is 46.5 Å². The Labute approximate surface area is 88.0 Å². The fourth-order valence-corrected chi connectivity index (χ4v) is 2.62. The third kappa shape index (κ3) is 3.69. The van der Waals surface area contributed by atoms with Crippen molar-refractivity contribution in [2.24, 2.45) is 28.5 Å². The molecular formula is C12H24N2. The third-order valence-corrected chi connectivity index (χ3v) is 3.19. The van der Waals surface area contributed by atoms with Gasteiger partial charge < -0.3 is 5.73 Å². The Bertz CT molecular complexity index is 188. The molecule has 1 rings (SSSR count). The molecule has 14 heavy (non-hydrogen) atoms. The number of rotatable bonds is 3. The van der Waals surface area contributed by atoms with Gasteiger partial charge in [0.1, 0.15) is 0 Å². The van der Waals surface area contributed by atoms with Gasteiger partial charge in [-0.25, -0.2) is 0 Å². The van der Waals surface area contributed by atoms with Crippen LogP contribution in [-0.4, -0.2) is 12.4 Å². The quantitative estimate of drug-likeness (QED) is 0.547. The van der Waals surface area contributed by atoms with E-state index < -0.39 is 0 Å². The van der Waals surface area contributed by atoms with Crippen LogP contribution in [0.5, 0.6) is 0 Å². The fourth-order valence-electron chi connectivity index (χ4n) is 2.62. The Morgan fingerprint density at radius 1 is 1.21 bits per heavy atom. The van der Waals surface area contributed by atoms with Crippen LogP contribution in [0.25, 0.3) is 0 Å². The van der Waals surface area contributed by atoms with Crippen molar-refractivity contribution in [3.05, 3.63) is 0 Å². The third-order valence-electron chi connectivity index (χ3n) is 3.19. The van der Waals surface area contributed by atoms with E-state index in [1.54, 1.807) is 0 Å². The van der Waals surface area contributed by atoms with Crippen LogP contribution < -0.4 is 5.73 Å². The first-order valence-corrected chi connectivity index (χ1v) is 5.90. The molecule has 1 fully saturated rings. The molecule has 0 aromatic rings. The van der Waals surface area contributed by atoms with Crippen LogP contribution in [0.4, 0.5) is 0 Å². The van der Waals surface area contributed by atoms with Gasteiger partial charge in [-0.1, -0.05) is 20.8 Å². The topological polar surface area (TPSA) is 38.4 Å². The lowest BCUT2D eigenvalue weighted by molar-refractivity contribution is 0.224. The van der Waals surface area contributed by atoms with Gasteiger partial charge in [-0.15, -0.1) is 0 Å². The van der Waals surface area contributed by atoms with Gasteiger partial charge in [0.2, 0.25) is 0 Å². The molecule has 1 aliphatic rings. The van der Waals surface area contributed by atoms with E-state index in [0.29, 0.717) is 0 Å². The van der Waals surface area contributed by atoms with Crippen LogP contribution >= 0.6 is 0 Å². The number of hydrogen-bond donors (Lipinski definition) is 1. The van der Waals surface area contributed by atoms with Crippen LogP contribution in [0.2, 0.25) is 0 Å². The van der Waals surface area contributed by atoms with E-state index in [1.807, 2.05) is 0 Å². The van der Waals surface area contributed by atoms with Crippen LogP contribution in [0.1, 0.15) is 46.5 Å². The molecule has 0 aromatic carbocycles. The Morgan fingerprint density at radius 2 is 1.79 bits per heavy atom. The minimum absolute atomic E-state index is 0.777. The van der Waals surface area contributed by atoms with Crippen molar-refractivity contribution in [1.82, 2.24) is 0 Å². The number of amidine groups is 1. The molecule has 0 aromatic heterocycles. The van der Waals surface area contributed by atoms with Crippen molar-refractivity contribution in [1.29, 1.82) is 0 Å². The summed E-state index contributed by atoms with van der Waals surface area (Å²) in [5, 5.41) is 0.